The molecular formula is C12H22. The molecule has 0 nitrogen and oxygen atoms in total. The van der Waals surface area contributed by atoms with Gasteiger partial charge in [0, 0.05) is 0 Å². The Balaban J connectivity index is 2.34. The minimum atomic E-state index is 0.579. The zero-order valence-electron chi connectivity index (χ0n) is 9.15. The van der Waals surface area contributed by atoms with E-state index in [2.05, 4.69) is 34.6 Å². The van der Waals surface area contributed by atoms with Crippen LogP contribution >= 0.6 is 0 Å². The molecule has 0 aliphatic heterocycles. The highest BCUT2D eigenvalue weighted by Gasteiger charge is 2.63. The van der Waals surface area contributed by atoms with Crippen LogP contribution in [-0.4, -0.2) is 0 Å². The van der Waals surface area contributed by atoms with Crippen molar-refractivity contribution < 1.29 is 0 Å². The van der Waals surface area contributed by atoms with Gasteiger partial charge in [0.05, 0.1) is 0 Å². The first kappa shape index (κ1) is 8.59. The molecule has 4 atom stereocenters. The lowest BCUT2D eigenvalue weighted by Gasteiger charge is -2.56. The van der Waals surface area contributed by atoms with Crippen molar-refractivity contribution in [1.82, 2.24) is 0 Å². The van der Waals surface area contributed by atoms with E-state index in [1.54, 1.807) is 0 Å². The molecule has 0 bridgehead atoms. The van der Waals surface area contributed by atoms with Gasteiger partial charge in [-0.2, -0.15) is 0 Å². The fraction of sp³-hybridized carbons (Fsp3) is 1.00. The lowest BCUT2D eigenvalue weighted by molar-refractivity contribution is -0.0805. The van der Waals surface area contributed by atoms with Crippen molar-refractivity contribution in [3.63, 3.8) is 0 Å². The molecule has 12 heavy (non-hydrogen) atoms. The van der Waals surface area contributed by atoms with Crippen molar-refractivity contribution in [1.29, 1.82) is 0 Å². The first-order chi connectivity index (χ1) is 5.40. The van der Waals surface area contributed by atoms with Gasteiger partial charge in [-0.05, 0) is 41.4 Å². The van der Waals surface area contributed by atoms with Crippen LogP contribution < -0.4 is 0 Å². The summed E-state index contributed by atoms with van der Waals surface area (Å²) in [5.41, 5.74) is 1.24. The third kappa shape index (κ3) is 0.661. The van der Waals surface area contributed by atoms with Gasteiger partial charge in [0.2, 0.25) is 0 Å². The van der Waals surface area contributed by atoms with Crippen LogP contribution in [0.4, 0.5) is 0 Å². The Bertz CT molecular complexity index is 204. The lowest BCUT2D eigenvalue weighted by atomic mass is 9.48. The molecular weight excluding hydrogens is 144 g/mol. The molecule has 0 radical (unpaired) electrons. The van der Waals surface area contributed by atoms with Gasteiger partial charge in [-0.15, -0.1) is 0 Å². The Kier molecular flexibility index (Phi) is 1.49. The predicted molar refractivity (Wildman–Crippen MR) is 52.9 cm³/mol. The molecule has 0 heteroatoms. The van der Waals surface area contributed by atoms with E-state index >= 15 is 0 Å². The van der Waals surface area contributed by atoms with E-state index < -0.39 is 0 Å². The van der Waals surface area contributed by atoms with Crippen LogP contribution in [-0.2, 0) is 0 Å². The molecule has 0 N–H and O–H groups in total. The highest BCUT2D eigenvalue weighted by atomic mass is 14.7. The fourth-order valence-electron chi connectivity index (χ4n) is 3.91. The van der Waals surface area contributed by atoms with Gasteiger partial charge >= 0.3 is 0 Å². The normalized spacial score (nSPS) is 56.2. The number of hydrogen-bond donors (Lipinski definition) is 0. The quantitative estimate of drug-likeness (QED) is 0.514. The maximum absolute atomic E-state index is 2.52. The lowest BCUT2D eigenvalue weighted by Crippen LogP contribution is -2.50. The van der Waals surface area contributed by atoms with Crippen LogP contribution in [0.3, 0.4) is 0 Å². The van der Waals surface area contributed by atoms with Crippen molar-refractivity contribution >= 4 is 0 Å². The van der Waals surface area contributed by atoms with Crippen molar-refractivity contribution in [3.05, 3.63) is 0 Å². The molecule has 70 valence electrons. The SMILES string of the molecule is CC1CC2CC(C)C2(C)C1(C)C. The maximum atomic E-state index is 2.52. The minimum Gasteiger partial charge on any atom is -0.0620 e. The average molecular weight is 166 g/mol. The average Bonchev–Trinajstić information content (AvgIpc) is 2.12. The standard InChI is InChI=1S/C12H22/c1-8-6-10-7-9(2)12(10,5)11(8,3)4/h8-10H,6-7H2,1-5H3. The van der Waals surface area contributed by atoms with Crippen molar-refractivity contribution in [2.75, 3.05) is 0 Å². The Hall–Kier alpha value is 0. The molecule has 0 aromatic rings. The number of hydrogen-bond acceptors (Lipinski definition) is 0. The molecule has 4 unspecified atom stereocenters. The Labute approximate surface area is 76.7 Å². The zero-order chi connectivity index (χ0) is 9.15. The monoisotopic (exact) mass is 166 g/mol. The molecule has 0 spiro atoms. The van der Waals surface area contributed by atoms with Gasteiger partial charge in [-0.1, -0.05) is 34.6 Å². The van der Waals surface area contributed by atoms with E-state index in [1.807, 2.05) is 0 Å². The number of fused-ring (bicyclic) bond motifs is 1. The smallest absolute Gasteiger partial charge is 0.0218 e. The van der Waals surface area contributed by atoms with Gasteiger partial charge < -0.3 is 0 Å². The Morgan fingerprint density at radius 2 is 1.42 bits per heavy atom. The molecule has 0 aromatic carbocycles. The van der Waals surface area contributed by atoms with Crippen molar-refractivity contribution in [2.24, 2.45) is 28.6 Å². The molecule has 0 heterocycles. The third-order valence-electron chi connectivity index (χ3n) is 5.77. The first-order valence-electron chi connectivity index (χ1n) is 5.40. The summed E-state index contributed by atoms with van der Waals surface area (Å²) in [6.45, 7) is 12.4. The van der Waals surface area contributed by atoms with E-state index in [9.17, 15) is 0 Å². The van der Waals surface area contributed by atoms with Gasteiger partial charge in [-0.3, -0.25) is 0 Å². The summed E-state index contributed by atoms with van der Waals surface area (Å²) in [4.78, 5) is 0. The van der Waals surface area contributed by atoms with Crippen molar-refractivity contribution in [2.45, 2.75) is 47.5 Å². The summed E-state index contributed by atoms with van der Waals surface area (Å²) in [5.74, 6) is 2.93. The highest BCUT2D eigenvalue weighted by Crippen LogP contribution is 2.70. The van der Waals surface area contributed by atoms with E-state index in [1.165, 1.54) is 12.8 Å². The molecule has 2 saturated carbocycles. The second kappa shape index (κ2) is 2.08. The molecule has 0 saturated heterocycles. The Morgan fingerprint density at radius 1 is 0.917 bits per heavy atom. The van der Waals surface area contributed by atoms with E-state index in [4.69, 9.17) is 0 Å². The zero-order valence-corrected chi connectivity index (χ0v) is 9.15. The molecule has 0 aromatic heterocycles. The van der Waals surface area contributed by atoms with Gasteiger partial charge in [0.15, 0.2) is 0 Å². The summed E-state index contributed by atoms with van der Waals surface area (Å²) < 4.78 is 0. The van der Waals surface area contributed by atoms with Crippen LogP contribution in [0.1, 0.15) is 47.5 Å². The summed E-state index contributed by atoms with van der Waals surface area (Å²) in [5, 5.41) is 0. The molecule has 2 aliphatic carbocycles. The van der Waals surface area contributed by atoms with Crippen LogP contribution in [0.15, 0.2) is 0 Å². The minimum absolute atomic E-state index is 0.579. The van der Waals surface area contributed by atoms with E-state index in [-0.39, 0.29) is 0 Å². The summed E-state index contributed by atoms with van der Waals surface area (Å²) >= 11 is 0. The fourth-order valence-corrected chi connectivity index (χ4v) is 3.91. The highest BCUT2D eigenvalue weighted by molar-refractivity contribution is 5.12. The van der Waals surface area contributed by atoms with E-state index in [0.717, 1.165) is 17.8 Å². The summed E-state index contributed by atoms with van der Waals surface area (Å²) in [6.07, 6.45) is 2.97. The van der Waals surface area contributed by atoms with Crippen molar-refractivity contribution in [3.8, 4) is 0 Å². The summed E-state index contributed by atoms with van der Waals surface area (Å²) in [7, 11) is 0. The van der Waals surface area contributed by atoms with Crippen LogP contribution in [0.2, 0.25) is 0 Å². The van der Waals surface area contributed by atoms with E-state index in [0.29, 0.717) is 10.8 Å². The third-order valence-corrected chi connectivity index (χ3v) is 5.77. The summed E-state index contributed by atoms with van der Waals surface area (Å²) in [6, 6.07) is 0. The predicted octanol–water partition coefficient (Wildman–Crippen LogP) is 3.71. The number of rotatable bonds is 0. The van der Waals surface area contributed by atoms with Gasteiger partial charge in [0.1, 0.15) is 0 Å². The maximum Gasteiger partial charge on any atom is -0.0218 e. The topological polar surface area (TPSA) is 0 Å². The van der Waals surface area contributed by atoms with Gasteiger partial charge in [-0.25, -0.2) is 0 Å². The van der Waals surface area contributed by atoms with Crippen LogP contribution in [0.5, 0.6) is 0 Å². The van der Waals surface area contributed by atoms with Gasteiger partial charge in [0.25, 0.3) is 0 Å². The molecule has 2 fully saturated rings. The first-order valence-corrected chi connectivity index (χ1v) is 5.40. The Morgan fingerprint density at radius 3 is 1.75 bits per heavy atom. The largest absolute Gasteiger partial charge is 0.0620 e. The molecule has 2 rings (SSSR count). The second-order valence-corrected chi connectivity index (χ2v) is 5.97. The molecule has 2 aliphatic rings. The second-order valence-electron chi connectivity index (χ2n) is 5.97. The molecule has 0 amide bonds. The van der Waals surface area contributed by atoms with Crippen LogP contribution in [0, 0.1) is 28.6 Å². The van der Waals surface area contributed by atoms with Crippen LogP contribution in [0.25, 0.3) is 0 Å².